The van der Waals surface area contributed by atoms with Crippen molar-refractivity contribution in [3.63, 3.8) is 0 Å². The lowest BCUT2D eigenvalue weighted by molar-refractivity contribution is -0.113. The minimum absolute atomic E-state index is 0.00839. The molecule has 3 aromatic carbocycles. The molecule has 1 amide bonds. The summed E-state index contributed by atoms with van der Waals surface area (Å²) in [5.41, 5.74) is 3.47. The molecule has 0 spiro atoms. The summed E-state index contributed by atoms with van der Waals surface area (Å²) in [4.78, 5) is 30.3. The van der Waals surface area contributed by atoms with Crippen molar-refractivity contribution in [2.75, 3.05) is 11.1 Å². The van der Waals surface area contributed by atoms with Crippen LogP contribution in [0.2, 0.25) is 0 Å². The molecule has 0 saturated heterocycles. The zero-order valence-corrected chi connectivity index (χ0v) is 18.3. The Morgan fingerprint density at radius 1 is 1.00 bits per heavy atom. The number of nitrogens with zero attached hydrogens (tertiary/aromatic N) is 2. The summed E-state index contributed by atoms with van der Waals surface area (Å²) in [5.74, 6) is -2.34. The van der Waals surface area contributed by atoms with Crippen molar-refractivity contribution in [2.24, 2.45) is 0 Å². The third-order valence-electron chi connectivity index (χ3n) is 5.62. The Morgan fingerprint density at radius 2 is 1.82 bits per heavy atom. The van der Waals surface area contributed by atoms with E-state index in [0.717, 1.165) is 48.8 Å². The van der Waals surface area contributed by atoms with E-state index in [1.54, 1.807) is 24.3 Å². The molecule has 0 saturated carbocycles. The lowest BCUT2D eigenvalue weighted by Crippen LogP contribution is -2.23. The topological polar surface area (TPSA) is 64.0 Å². The fourth-order valence-corrected chi connectivity index (χ4v) is 4.85. The van der Waals surface area contributed by atoms with Gasteiger partial charge in [0.2, 0.25) is 5.91 Å². The van der Waals surface area contributed by atoms with E-state index in [9.17, 15) is 18.4 Å². The summed E-state index contributed by atoms with van der Waals surface area (Å²) in [6.45, 7) is 0. The van der Waals surface area contributed by atoms with Gasteiger partial charge in [-0.1, -0.05) is 30.0 Å². The van der Waals surface area contributed by atoms with Crippen molar-refractivity contribution in [1.29, 1.82) is 0 Å². The van der Waals surface area contributed by atoms with Crippen LogP contribution in [0.4, 0.5) is 14.5 Å². The van der Waals surface area contributed by atoms with Gasteiger partial charge in [0, 0.05) is 11.8 Å². The van der Waals surface area contributed by atoms with Crippen LogP contribution in [0.5, 0.6) is 0 Å². The first-order valence-electron chi connectivity index (χ1n) is 10.5. The molecule has 0 unspecified atom stereocenters. The van der Waals surface area contributed by atoms with Gasteiger partial charge in [-0.3, -0.25) is 14.2 Å². The second-order valence-electron chi connectivity index (χ2n) is 7.82. The molecule has 5 nitrogen and oxygen atoms in total. The Bertz CT molecular complexity index is 1450. The Kier molecular flexibility index (Phi) is 5.68. The molecule has 1 N–H and O–H groups in total. The Hall–Kier alpha value is -3.52. The number of nitrogens with one attached hydrogen (secondary N) is 1. The van der Waals surface area contributed by atoms with Gasteiger partial charge in [-0.15, -0.1) is 0 Å². The van der Waals surface area contributed by atoms with E-state index in [-0.39, 0.29) is 22.5 Å². The van der Waals surface area contributed by atoms with E-state index >= 15 is 0 Å². The zero-order valence-electron chi connectivity index (χ0n) is 17.5. The molecule has 1 aliphatic rings. The zero-order chi connectivity index (χ0) is 22.9. The normalized spacial score (nSPS) is 12.7. The van der Waals surface area contributed by atoms with E-state index < -0.39 is 17.2 Å². The lowest BCUT2D eigenvalue weighted by Gasteiger charge is -2.13. The fraction of sp³-hybridized carbons (Fsp3) is 0.160. The van der Waals surface area contributed by atoms with Crippen LogP contribution in [0.15, 0.2) is 70.6 Å². The Balaban J connectivity index is 1.45. The number of para-hydroxylation sites is 1. The summed E-state index contributed by atoms with van der Waals surface area (Å²) >= 11 is 1.06. The van der Waals surface area contributed by atoms with Crippen LogP contribution >= 0.6 is 11.8 Å². The van der Waals surface area contributed by atoms with Gasteiger partial charge in [0.1, 0.15) is 0 Å². The Labute approximate surface area is 192 Å². The molecule has 0 bridgehead atoms. The smallest absolute Gasteiger partial charge is 0.266 e. The molecule has 1 aliphatic carbocycles. The van der Waals surface area contributed by atoms with Crippen molar-refractivity contribution in [3.8, 4) is 5.69 Å². The summed E-state index contributed by atoms with van der Waals surface area (Å²) in [6, 6.07) is 15.9. The quantitative estimate of drug-likeness (QED) is 0.338. The standard InChI is InChI=1S/C25H19F2N3O2S/c26-20-11-10-18(13-21(20)27)30-24(32)19-6-1-2-7-22(19)29-25(30)33-14-23(31)28-17-9-8-15-4-3-5-16(15)12-17/h1-2,6-13H,3-5,14H2,(H,28,31). The van der Waals surface area contributed by atoms with Crippen LogP contribution in [-0.2, 0) is 17.6 Å². The molecule has 0 atom stereocenters. The number of hydrogen-bond acceptors (Lipinski definition) is 4. The number of thioether (sulfide) groups is 1. The molecular weight excluding hydrogens is 444 g/mol. The maximum atomic E-state index is 13.9. The van der Waals surface area contributed by atoms with Crippen LogP contribution in [0, 0.1) is 11.6 Å². The van der Waals surface area contributed by atoms with Crippen LogP contribution in [0.3, 0.4) is 0 Å². The maximum absolute atomic E-state index is 13.9. The van der Waals surface area contributed by atoms with Gasteiger partial charge < -0.3 is 5.32 Å². The van der Waals surface area contributed by atoms with Gasteiger partial charge in [0.25, 0.3) is 5.56 Å². The molecule has 8 heteroatoms. The molecule has 1 aromatic heterocycles. The van der Waals surface area contributed by atoms with E-state index in [0.29, 0.717) is 10.9 Å². The highest BCUT2D eigenvalue weighted by Crippen LogP contribution is 2.26. The maximum Gasteiger partial charge on any atom is 0.266 e. The Morgan fingerprint density at radius 3 is 2.67 bits per heavy atom. The predicted octanol–water partition coefficient (Wildman–Crippen LogP) is 4.88. The molecule has 0 fully saturated rings. The summed E-state index contributed by atoms with van der Waals surface area (Å²) in [5, 5.41) is 3.44. The molecule has 1 heterocycles. The minimum Gasteiger partial charge on any atom is -0.325 e. The number of amides is 1. The van der Waals surface area contributed by atoms with Gasteiger partial charge in [0.15, 0.2) is 16.8 Å². The van der Waals surface area contributed by atoms with Gasteiger partial charge in [-0.05, 0) is 66.8 Å². The molecular formula is C25H19F2N3O2S. The highest BCUT2D eigenvalue weighted by atomic mass is 32.2. The van der Waals surface area contributed by atoms with Gasteiger partial charge in [-0.2, -0.15) is 0 Å². The first-order valence-corrected chi connectivity index (χ1v) is 11.5. The van der Waals surface area contributed by atoms with Gasteiger partial charge in [0.05, 0.1) is 22.3 Å². The summed E-state index contributed by atoms with van der Waals surface area (Å²) in [7, 11) is 0. The highest BCUT2D eigenvalue weighted by Gasteiger charge is 2.17. The second kappa shape index (κ2) is 8.78. The van der Waals surface area contributed by atoms with Crippen LogP contribution in [-0.4, -0.2) is 21.2 Å². The molecule has 0 aliphatic heterocycles. The van der Waals surface area contributed by atoms with E-state index in [1.165, 1.54) is 21.8 Å². The van der Waals surface area contributed by atoms with Gasteiger partial charge in [-0.25, -0.2) is 13.8 Å². The number of aromatic nitrogens is 2. The third-order valence-corrected chi connectivity index (χ3v) is 6.56. The predicted molar refractivity (Wildman–Crippen MR) is 125 cm³/mol. The summed E-state index contributed by atoms with van der Waals surface area (Å²) in [6.07, 6.45) is 3.20. The number of hydrogen-bond donors (Lipinski definition) is 1. The number of carbonyl (C=O) groups excluding carboxylic acids is 1. The monoisotopic (exact) mass is 463 g/mol. The number of fused-ring (bicyclic) bond motifs is 2. The average molecular weight is 464 g/mol. The van der Waals surface area contributed by atoms with Crippen LogP contribution < -0.4 is 10.9 Å². The molecule has 33 heavy (non-hydrogen) atoms. The number of rotatable bonds is 5. The van der Waals surface area contributed by atoms with E-state index in [4.69, 9.17) is 0 Å². The first kappa shape index (κ1) is 21.3. The van der Waals surface area contributed by atoms with E-state index in [1.807, 2.05) is 18.2 Å². The molecule has 4 aromatic rings. The molecule has 166 valence electrons. The fourth-order valence-electron chi connectivity index (χ4n) is 4.04. The minimum atomic E-state index is -1.07. The van der Waals surface area contributed by atoms with Crippen molar-refractivity contribution < 1.29 is 13.6 Å². The van der Waals surface area contributed by atoms with E-state index in [2.05, 4.69) is 10.3 Å². The number of carbonyl (C=O) groups is 1. The number of aryl methyl sites for hydroxylation is 2. The molecule has 5 rings (SSSR count). The SMILES string of the molecule is O=C(CSc1nc2ccccc2c(=O)n1-c1ccc(F)c(F)c1)Nc1ccc2c(c1)CCC2. The van der Waals surface area contributed by atoms with Crippen molar-refractivity contribution in [2.45, 2.75) is 24.4 Å². The average Bonchev–Trinajstić information content (AvgIpc) is 3.28. The third kappa shape index (κ3) is 4.26. The highest BCUT2D eigenvalue weighted by molar-refractivity contribution is 7.99. The van der Waals surface area contributed by atoms with Crippen LogP contribution in [0.1, 0.15) is 17.5 Å². The summed E-state index contributed by atoms with van der Waals surface area (Å²) < 4.78 is 28.6. The number of anilines is 1. The number of benzene rings is 3. The van der Waals surface area contributed by atoms with Crippen molar-refractivity contribution in [3.05, 3.63) is 93.8 Å². The van der Waals surface area contributed by atoms with Crippen LogP contribution in [0.25, 0.3) is 16.6 Å². The first-order chi connectivity index (χ1) is 16.0. The van der Waals surface area contributed by atoms with Gasteiger partial charge >= 0.3 is 0 Å². The lowest BCUT2D eigenvalue weighted by atomic mass is 10.1. The second-order valence-corrected chi connectivity index (χ2v) is 8.77. The van der Waals surface area contributed by atoms with Crippen molar-refractivity contribution in [1.82, 2.24) is 9.55 Å². The number of halogens is 2. The van der Waals surface area contributed by atoms with Crippen molar-refractivity contribution >= 4 is 34.3 Å². The largest absolute Gasteiger partial charge is 0.325 e. The molecule has 0 radical (unpaired) electrons.